The molecule has 0 aliphatic carbocycles. The van der Waals surface area contributed by atoms with Crippen molar-refractivity contribution in [1.82, 2.24) is 14.9 Å². The van der Waals surface area contributed by atoms with Gasteiger partial charge in [0.05, 0.1) is 16.6 Å². The van der Waals surface area contributed by atoms with Crippen LogP contribution in [0.3, 0.4) is 0 Å². The third-order valence-corrected chi connectivity index (χ3v) is 3.61. The summed E-state index contributed by atoms with van der Waals surface area (Å²) in [5.74, 6) is 1.07. The van der Waals surface area contributed by atoms with Crippen LogP contribution in [0.4, 0.5) is 13.2 Å². The van der Waals surface area contributed by atoms with Crippen LogP contribution in [0.15, 0.2) is 18.2 Å². The van der Waals surface area contributed by atoms with Crippen LogP contribution in [0.2, 0.25) is 0 Å². The summed E-state index contributed by atoms with van der Waals surface area (Å²) >= 11 is 0. The van der Waals surface area contributed by atoms with E-state index >= 15 is 0 Å². The number of aromatic amines is 1. The third-order valence-electron chi connectivity index (χ3n) is 3.61. The minimum absolute atomic E-state index is 0.284. The number of H-pyrrole nitrogens is 1. The molecule has 1 N–H and O–H groups in total. The van der Waals surface area contributed by atoms with Crippen molar-refractivity contribution >= 4 is 11.0 Å². The molecule has 1 aromatic carbocycles. The lowest BCUT2D eigenvalue weighted by molar-refractivity contribution is -0.137. The van der Waals surface area contributed by atoms with Crippen LogP contribution in [0.1, 0.15) is 23.7 Å². The molecule has 0 bridgehead atoms. The van der Waals surface area contributed by atoms with Crippen LogP contribution in [0, 0.1) is 0 Å². The molecule has 0 radical (unpaired) electrons. The molecule has 19 heavy (non-hydrogen) atoms. The maximum atomic E-state index is 12.6. The van der Waals surface area contributed by atoms with Crippen LogP contribution < -0.4 is 0 Å². The van der Waals surface area contributed by atoms with Crippen molar-refractivity contribution in [3.63, 3.8) is 0 Å². The Bertz CT molecular complexity index is 603. The summed E-state index contributed by atoms with van der Waals surface area (Å²) in [6, 6.07) is 3.63. The molecule has 1 atom stereocenters. The number of fused-ring (bicyclic) bond motifs is 1. The zero-order valence-corrected chi connectivity index (χ0v) is 10.5. The Hall–Kier alpha value is -1.56. The van der Waals surface area contributed by atoms with Gasteiger partial charge in [-0.1, -0.05) is 0 Å². The lowest BCUT2D eigenvalue weighted by Crippen LogP contribution is -2.13. The molecule has 1 aliphatic rings. The number of nitrogens with one attached hydrogen (secondary N) is 1. The summed E-state index contributed by atoms with van der Waals surface area (Å²) in [5, 5.41) is 0. The van der Waals surface area contributed by atoms with Gasteiger partial charge < -0.3 is 9.88 Å². The number of hydrogen-bond donors (Lipinski definition) is 1. The fraction of sp³-hybridized carbons (Fsp3) is 0.462. The first-order valence-corrected chi connectivity index (χ1v) is 6.19. The molecule has 1 fully saturated rings. The summed E-state index contributed by atoms with van der Waals surface area (Å²) in [5.41, 5.74) is 0.413. The van der Waals surface area contributed by atoms with Crippen molar-refractivity contribution in [2.75, 3.05) is 20.1 Å². The molecule has 3 rings (SSSR count). The SMILES string of the molecule is CN1CC[C@H](c2nc3ccc(C(F)(F)F)cc3[nH]2)C1. The highest BCUT2D eigenvalue weighted by Gasteiger charge is 2.31. The topological polar surface area (TPSA) is 31.9 Å². The molecule has 1 saturated heterocycles. The minimum Gasteiger partial charge on any atom is -0.342 e. The van der Waals surface area contributed by atoms with E-state index in [1.807, 2.05) is 7.05 Å². The number of likely N-dealkylation sites (N-methyl/N-ethyl adjacent to an activating group) is 1. The van der Waals surface area contributed by atoms with Gasteiger partial charge in [-0.05, 0) is 38.2 Å². The summed E-state index contributed by atoms with van der Waals surface area (Å²) in [6.07, 6.45) is -3.32. The van der Waals surface area contributed by atoms with Crippen LogP contribution >= 0.6 is 0 Å². The largest absolute Gasteiger partial charge is 0.416 e. The highest BCUT2D eigenvalue weighted by Crippen LogP contribution is 2.32. The maximum absolute atomic E-state index is 12.6. The molecule has 3 nitrogen and oxygen atoms in total. The number of halogens is 3. The number of rotatable bonds is 1. The first kappa shape index (κ1) is 12.5. The van der Waals surface area contributed by atoms with Gasteiger partial charge in [0.1, 0.15) is 5.82 Å². The molecule has 102 valence electrons. The third kappa shape index (κ3) is 2.32. The van der Waals surface area contributed by atoms with Gasteiger partial charge in [0, 0.05) is 12.5 Å². The molecule has 1 aromatic heterocycles. The highest BCUT2D eigenvalue weighted by molar-refractivity contribution is 5.76. The maximum Gasteiger partial charge on any atom is 0.416 e. The zero-order chi connectivity index (χ0) is 13.6. The second kappa shape index (κ2) is 4.23. The fourth-order valence-electron chi connectivity index (χ4n) is 2.56. The average Bonchev–Trinajstić information content (AvgIpc) is 2.92. The Balaban J connectivity index is 1.97. The summed E-state index contributed by atoms with van der Waals surface area (Å²) in [7, 11) is 2.03. The van der Waals surface area contributed by atoms with Gasteiger partial charge in [-0.3, -0.25) is 0 Å². The van der Waals surface area contributed by atoms with Crippen LogP contribution in [0.5, 0.6) is 0 Å². The second-order valence-corrected chi connectivity index (χ2v) is 5.10. The van der Waals surface area contributed by atoms with E-state index in [0.717, 1.165) is 37.5 Å². The van der Waals surface area contributed by atoms with Gasteiger partial charge in [0.2, 0.25) is 0 Å². The quantitative estimate of drug-likeness (QED) is 0.863. The molecular weight excluding hydrogens is 255 g/mol. The van der Waals surface area contributed by atoms with Crippen molar-refractivity contribution in [3.05, 3.63) is 29.6 Å². The molecule has 0 amide bonds. The molecule has 0 saturated carbocycles. The summed E-state index contributed by atoms with van der Waals surface area (Å²) < 4.78 is 37.9. The van der Waals surface area contributed by atoms with Crippen LogP contribution in [0.25, 0.3) is 11.0 Å². The predicted octanol–water partition coefficient (Wildman–Crippen LogP) is 3.00. The lowest BCUT2D eigenvalue weighted by atomic mass is 10.1. The van der Waals surface area contributed by atoms with Crippen molar-refractivity contribution in [2.45, 2.75) is 18.5 Å². The van der Waals surface area contributed by atoms with Gasteiger partial charge in [-0.2, -0.15) is 13.2 Å². The van der Waals surface area contributed by atoms with Gasteiger partial charge in [0.25, 0.3) is 0 Å². The number of imidazole rings is 1. The number of alkyl halides is 3. The van der Waals surface area contributed by atoms with E-state index < -0.39 is 11.7 Å². The smallest absolute Gasteiger partial charge is 0.342 e. The predicted molar refractivity (Wildman–Crippen MR) is 66.0 cm³/mol. The Kier molecular flexibility index (Phi) is 2.78. The Morgan fingerprint density at radius 3 is 2.79 bits per heavy atom. The summed E-state index contributed by atoms with van der Waals surface area (Å²) in [6.45, 7) is 1.89. The van der Waals surface area contributed by atoms with Crippen molar-refractivity contribution in [3.8, 4) is 0 Å². The summed E-state index contributed by atoms with van der Waals surface area (Å²) in [4.78, 5) is 9.63. The van der Waals surface area contributed by atoms with E-state index in [-0.39, 0.29) is 5.92 Å². The number of aromatic nitrogens is 2. The molecule has 1 aliphatic heterocycles. The minimum atomic E-state index is -4.31. The number of likely N-dealkylation sites (tertiary alicyclic amines) is 1. The van der Waals surface area contributed by atoms with Gasteiger partial charge in [-0.15, -0.1) is 0 Å². The number of nitrogens with zero attached hydrogens (tertiary/aromatic N) is 2. The fourth-order valence-corrected chi connectivity index (χ4v) is 2.56. The Morgan fingerprint density at radius 2 is 2.16 bits per heavy atom. The first-order chi connectivity index (χ1) is 8.93. The highest BCUT2D eigenvalue weighted by atomic mass is 19.4. The van der Waals surface area contributed by atoms with Crippen LogP contribution in [-0.2, 0) is 6.18 Å². The molecule has 6 heteroatoms. The van der Waals surface area contributed by atoms with E-state index in [9.17, 15) is 13.2 Å². The first-order valence-electron chi connectivity index (χ1n) is 6.19. The molecule has 2 heterocycles. The van der Waals surface area contributed by atoms with Crippen LogP contribution in [-0.4, -0.2) is 35.0 Å². The van der Waals surface area contributed by atoms with Gasteiger partial charge in [0.15, 0.2) is 0 Å². The van der Waals surface area contributed by atoms with Crippen molar-refractivity contribution in [1.29, 1.82) is 0 Å². The van der Waals surface area contributed by atoms with E-state index in [1.54, 1.807) is 0 Å². The zero-order valence-electron chi connectivity index (χ0n) is 10.5. The monoisotopic (exact) mass is 269 g/mol. The standard InChI is InChI=1S/C13H14F3N3/c1-19-5-4-8(7-19)12-17-10-3-2-9(13(14,15)16)6-11(10)18-12/h2-3,6,8H,4-5,7H2,1H3,(H,17,18)/t8-/m0/s1. The molecule has 2 aromatic rings. The van der Waals surface area contributed by atoms with E-state index in [4.69, 9.17) is 0 Å². The van der Waals surface area contributed by atoms with E-state index in [1.165, 1.54) is 6.07 Å². The lowest BCUT2D eigenvalue weighted by Gasteiger charge is -2.06. The molecule has 0 spiro atoms. The van der Waals surface area contributed by atoms with Crippen molar-refractivity contribution in [2.24, 2.45) is 0 Å². The second-order valence-electron chi connectivity index (χ2n) is 5.10. The Morgan fingerprint density at radius 1 is 1.37 bits per heavy atom. The van der Waals surface area contributed by atoms with Crippen molar-refractivity contribution < 1.29 is 13.2 Å². The number of benzene rings is 1. The number of hydrogen-bond acceptors (Lipinski definition) is 2. The normalized spacial score (nSPS) is 21.4. The van der Waals surface area contributed by atoms with E-state index in [2.05, 4.69) is 14.9 Å². The van der Waals surface area contributed by atoms with E-state index in [0.29, 0.717) is 11.0 Å². The van der Waals surface area contributed by atoms with Gasteiger partial charge >= 0.3 is 6.18 Å². The average molecular weight is 269 g/mol. The molecular formula is C13H14F3N3. The molecule has 0 unspecified atom stereocenters. The Labute approximate surface area is 108 Å². The van der Waals surface area contributed by atoms with Gasteiger partial charge in [-0.25, -0.2) is 4.98 Å².